The highest BCUT2D eigenvalue weighted by Crippen LogP contribution is 2.16. The number of carbonyl (C=O) groups is 2. The van der Waals surface area contributed by atoms with Gasteiger partial charge in [-0.1, -0.05) is 12.1 Å². The first-order valence-electron chi connectivity index (χ1n) is 5.06. The van der Waals surface area contributed by atoms with E-state index < -0.39 is 11.9 Å². The minimum atomic E-state index is -0.905. The van der Waals surface area contributed by atoms with Crippen LogP contribution in [0.3, 0.4) is 0 Å². The van der Waals surface area contributed by atoms with Crippen LogP contribution in [-0.2, 0) is 21.8 Å². The molecular formula is C12H13ClO4. The van der Waals surface area contributed by atoms with Gasteiger partial charge in [-0.25, -0.2) is 4.79 Å². The van der Waals surface area contributed by atoms with Gasteiger partial charge in [0.25, 0.3) is 0 Å². The molecule has 0 saturated carbocycles. The van der Waals surface area contributed by atoms with Crippen LogP contribution in [0.2, 0.25) is 0 Å². The number of hydrogen-bond acceptors (Lipinski definition) is 3. The molecule has 0 aliphatic heterocycles. The Morgan fingerprint density at radius 3 is 2.65 bits per heavy atom. The second kappa shape index (κ2) is 6.25. The van der Waals surface area contributed by atoms with Gasteiger partial charge in [-0.2, -0.15) is 0 Å². The Morgan fingerprint density at radius 2 is 2.12 bits per heavy atom. The Balaban J connectivity index is 3.02. The van der Waals surface area contributed by atoms with Crippen molar-refractivity contribution in [1.82, 2.24) is 0 Å². The summed E-state index contributed by atoms with van der Waals surface area (Å²) >= 11 is 5.69. The molecular weight excluding hydrogens is 244 g/mol. The Bertz CT molecular complexity index is 429. The average Bonchev–Trinajstić information content (AvgIpc) is 2.34. The summed E-state index contributed by atoms with van der Waals surface area (Å²) in [5.41, 5.74) is 1.89. The van der Waals surface area contributed by atoms with E-state index in [9.17, 15) is 9.59 Å². The summed E-state index contributed by atoms with van der Waals surface area (Å²) < 4.78 is 4.64. The first-order valence-corrected chi connectivity index (χ1v) is 5.59. The number of carbonyl (C=O) groups excluding carboxylic acids is 1. The molecule has 0 heterocycles. The molecule has 17 heavy (non-hydrogen) atoms. The minimum Gasteiger partial charge on any atom is -0.481 e. The van der Waals surface area contributed by atoms with Crippen LogP contribution in [0.4, 0.5) is 0 Å². The van der Waals surface area contributed by atoms with E-state index >= 15 is 0 Å². The van der Waals surface area contributed by atoms with Crippen molar-refractivity contribution in [3.05, 3.63) is 34.9 Å². The van der Waals surface area contributed by atoms with Crippen LogP contribution in [0.5, 0.6) is 0 Å². The van der Waals surface area contributed by atoms with Crippen molar-refractivity contribution in [3.63, 3.8) is 0 Å². The zero-order chi connectivity index (χ0) is 12.8. The number of hydrogen-bond donors (Lipinski definition) is 1. The maximum atomic E-state index is 11.5. The van der Waals surface area contributed by atoms with Gasteiger partial charge in [0.05, 0.1) is 12.7 Å². The van der Waals surface area contributed by atoms with E-state index in [2.05, 4.69) is 4.74 Å². The summed E-state index contributed by atoms with van der Waals surface area (Å²) in [6.07, 6.45) is 0.250. The second-order valence-corrected chi connectivity index (χ2v) is 3.78. The number of halogens is 1. The van der Waals surface area contributed by atoms with Gasteiger partial charge in [-0.05, 0) is 23.6 Å². The quantitative estimate of drug-likeness (QED) is 0.648. The molecule has 1 N–H and O–H groups in total. The highest BCUT2D eigenvalue weighted by atomic mass is 35.5. The highest BCUT2D eigenvalue weighted by Gasteiger charge is 2.13. The van der Waals surface area contributed by atoms with Crippen LogP contribution in [0.25, 0.3) is 0 Å². The third-order valence-electron chi connectivity index (χ3n) is 2.34. The lowest BCUT2D eigenvalue weighted by molar-refractivity contribution is -0.136. The van der Waals surface area contributed by atoms with E-state index in [-0.39, 0.29) is 12.8 Å². The van der Waals surface area contributed by atoms with E-state index in [4.69, 9.17) is 16.7 Å². The average molecular weight is 257 g/mol. The van der Waals surface area contributed by atoms with Gasteiger partial charge in [0.15, 0.2) is 0 Å². The number of carboxylic acid groups (broad SMARTS) is 1. The lowest BCUT2D eigenvalue weighted by Crippen LogP contribution is -2.08. The Labute approximate surface area is 104 Å². The molecule has 0 bridgehead atoms. The number of aryl methyl sites for hydroxylation is 1. The number of alkyl halides is 1. The molecule has 5 heteroatoms. The van der Waals surface area contributed by atoms with Crippen molar-refractivity contribution in [2.45, 2.75) is 18.7 Å². The van der Waals surface area contributed by atoms with Crippen LogP contribution in [-0.4, -0.2) is 24.2 Å². The number of aliphatic carboxylic acids is 1. The summed E-state index contributed by atoms with van der Waals surface area (Å²) in [6, 6.07) is 5.08. The lowest BCUT2D eigenvalue weighted by Gasteiger charge is -2.08. The molecule has 4 nitrogen and oxygen atoms in total. The first-order chi connectivity index (χ1) is 8.08. The zero-order valence-corrected chi connectivity index (χ0v) is 10.2. The van der Waals surface area contributed by atoms with Crippen molar-refractivity contribution in [1.29, 1.82) is 0 Å². The third-order valence-corrected chi connectivity index (χ3v) is 2.65. The molecule has 0 aromatic heterocycles. The van der Waals surface area contributed by atoms with Crippen molar-refractivity contribution in [2.24, 2.45) is 0 Å². The summed E-state index contributed by atoms with van der Waals surface area (Å²) in [4.78, 5) is 22.0. The van der Waals surface area contributed by atoms with Crippen molar-refractivity contribution in [3.8, 4) is 0 Å². The molecule has 0 radical (unpaired) electrons. The van der Waals surface area contributed by atoms with Gasteiger partial charge in [-0.3, -0.25) is 4.79 Å². The fourth-order valence-electron chi connectivity index (χ4n) is 1.49. The van der Waals surface area contributed by atoms with Gasteiger partial charge in [0.1, 0.15) is 0 Å². The van der Waals surface area contributed by atoms with Crippen molar-refractivity contribution < 1.29 is 19.4 Å². The summed E-state index contributed by atoms with van der Waals surface area (Å²) in [7, 11) is 1.29. The molecule has 0 aliphatic carbocycles. The van der Waals surface area contributed by atoms with Crippen LogP contribution >= 0.6 is 11.6 Å². The van der Waals surface area contributed by atoms with E-state index in [1.54, 1.807) is 18.2 Å². The van der Waals surface area contributed by atoms with Gasteiger partial charge in [0, 0.05) is 12.3 Å². The largest absolute Gasteiger partial charge is 0.481 e. The third kappa shape index (κ3) is 3.75. The standard InChI is InChI=1S/C12H13ClO4/c1-17-12(16)10-4-2-8(7-13)6-9(10)3-5-11(14)15/h2,4,6H,3,5,7H2,1H3,(H,14,15). The number of methoxy groups -OCH3 is 1. The molecule has 0 amide bonds. The topological polar surface area (TPSA) is 63.6 Å². The van der Waals surface area contributed by atoms with Gasteiger partial charge in [0.2, 0.25) is 0 Å². The Morgan fingerprint density at radius 1 is 1.41 bits per heavy atom. The monoisotopic (exact) mass is 256 g/mol. The minimum absolute atomic E-state index is 0.0320. The van der Waals surface area contributed by atoms with Gasteiger partial charge < -0.3 is 9.84 Å². The van der Waals surface area contributed by atoms with Crippen LogP contribution in [0.1, 0.15) is 27.9 Å². The summed E-state index contributed by atoms with van der Waals surface area (Å²) in [5, 5.41) is 8.65. The fourth-order valence-corrected chi connectivity index (χ4v) is 1.65. The van der Waals surface area contributed by atoms with Gasteiger partial charge in [-0.15, -0.1) is 11.6 Å². The predicted molar refractivity (Wildman–Crippen MR) is 63.3 cm³/mol. The molecule has 92 valence electrons. The Hall–Kier alpha value is -1.55. The van der Waals surface area contributed by atoms with Crippen molar-refractivity contribution >= 4 is 23.5 Å². The van der Waals surface area contributed by atoms with E-state index in [1.807, 2.05) is 0 Å². The smallest absolute Gasteiger partial charge is 0.338 e. The fraction of sp³-hybridized carbons (Fsp3) is 0.333. The maximum absolute atomic E-state index is 11.5. The molecule has 0 fully saturated rings. The molecule has 0 unspecified atom stereocenters. The molecule has 1 aromatic rings. The predicted octanol–water partition coefficient (Wildman–Crippen LogP) is 2.23. The maximum Gasteiger partial charge on any atom is 0.338 e. The zero-order valence-electron chi connectivity index (χ0n) is 9.40. The SMILES string of the molecule is COC(=O)c1ccc(CCl)cc1CCC(=O)O. The number of rotatable bonds is 5. The highest BCUT2D eigenvalue weighted by molar-refractivity contribution is 6.17. The van der Waals surface area contributed by atoms with E-state index in [1.165, 1.54) is 7.11 Å². The van der Waals surface area contributed by atoms with Crippen LogP contribution in [0.15, 0.2) is 18.2 Å². The number of esters is 1. The Kier molecular flexibility index (Phi) is 4.97. The molecule has 0 saturated heterocycles. The van der Waals surface area contributed by atoms with E-state index in [0.29, 0.717) is 17.0 Å². The number of ether oxygens (including phenoxy) is 1. The number of carboxylic acids is 1. The molecule has 1 aromatic carbocycles. The normalized spacial score (nSPS) is 10.0. The first kappa shape index (κ1) is 13.5. The summed E-state index contributed by atoms with van der Waals surface area (Å²) in [5.74, 6) is -1.05. The van der Waals surface area contributed by atoms with Crippen LogP contribution < -0.4 is 0 Å². The van der Waals surface area contributed by atoms with E-state index in [0.717, 1.165) is 5.56 Å². The second-order valence-electron chi connectivity index (χ2n) is 3.51. The van der Waals surface area contributed by atoms with Crippen LogP contribution in [0, 0.1) is 0 Å². The molecule has 1 rings (SSSR count). The number of benzene rings is 1. The lowest BCUT2D eigenvalue weighted by atomic mass is 10.0. The molecule has 0 aliphatic rings. The summed E-state index contributed by atoms with van der Waals surface area (Å²) in [6.45, 7) is 0. The molecule has 0 atom stereocenters. The van der Waals surface area contributed by atoms with Crippen molar-refractivity contribution in [2.75, 3.05) is 7.11 Å². The molecule has 0 spiro atoms. The van der Waals surface area contributed by atoms with Gasteiger partial charge >= 0.3 is 11.9 Å².